The van der Waals surface area contributed by atoms with Crippen molar-refractivity contribution in [1.82, 2.24) is 19.9 Å². The minimum absolute atomic E-state index is 0.101. The van der Waals surface area contributed by atoms with Gasteiger partial charge in [0, 0.05) is 11.8 Å². The highest BCUT2D eigenvalue weighted by Crippen LogP contribution is 2.29. The van der Waals surface area contributed by atoms with Crippen LogP contribution in [0.1, 0.15) is 34.0 Å². The van der Waals surface area contributed by atoms with Gasteiger partial charge < -0.3 is 5.32 Å². The number of pyridine rings is 1. The van der Waals surface area contributed by atoms with Crippen LogP contribution in [-0.4, -0.2) is 20.5 Å². The topological polar surface area (TPSA) is 59.3 Å². The van der Waals surface area contributed by atoms with Crippen LogP contribution in [0.3, 0.4) is 0 Å². The van der Waals surface area contributed by atoms with Gasteiger partial charge in [0.05, 0.1) is 10.9 Å². The molecule has 1 amide bonds. The van der Waals surface area contributed by atoms with Gasteiger partial charge in [0.1, 0.15) is 0 Å². The van der Waals surface area contributed by atoms with Crippen molar-refractivity contribution >= 4 is 22.9 Å². The van der Waals surface area contributed by atoms with Crippen molar-refractivity contribution in [2.24, 2.45) is 0 Å². The molecular formula is C20H18N4OS. The Morgan fingerprint density at radius 1 is 1.12 bits per heavy atom. The van der Waals surface area contributed by atoms with E-state index in [1.807, 2.05) is 59.3 Å². The Hall–Kier alpha value is -2.99. The summed E-state index contributed by atoms with van der Waals surface area (Å²) in [5.74, 6) is 0.609. The minimum atomic E-state index is -0.257. The SMILES string of the molecule is Cc1ccc(-c2ccsc2C(=O)NC(C)c2nnc3ccccn23)cc1. The molecule has 1 atom stereocenters. The summed E-state index contributed by atoms with van der Waals surface area (Å²) in [7, 11) is 0. The number of aryl methyl sites for hydroxylation is 1. The molecule has 0 aliphatic carbocycles. The van der Waals surface area contributed by atoms with Crippen LogP contribution >= 0.6 is 11.3 Å². The fraction of sp³-hybridized carbons (Fsp3) is 0.150. The highest BCUT2D eigenvalue weighted by atomic mass is 32.1. The molecule has 0 saturated carbocycles. The third-order valence-corrected chi connectivity index (χ3v) is 5.22. The van der Waals surface area contributed by atoms with Crippen LogP contribution in [0.4, 0.5) is 0 Å². The van der Waals surface area contributed by atoms with E-state index in [1.54, 1.807) is 0 Å². The van der Waals surface area contributed by atoms with E-state index in [2.05, 4.69) is 34.6 Å². The van der Waals surface area contributed by atoms with Gasteiger partial charge >= 0.3 is 0 Å². The molecule has 1 unspecified atom stereocenters. The predicted octanol–water partition coefficient (Wildman–Crippen LogP) is 4.26. The average molecular weight is 362 g/mol. The largest absolute Gasteiger partial charge is 0.342 e. The number of carbonyl (C=O) groups is 1. The zero-order valence-corrected chi connectivity index (χ0v) is 15.3. The lowest BCUT2D eigenvalue weighted by Gasteiger charge is -2.13. The number of fused-ring (bicyclic) bond motifs is 1. The maximum atomic E-state index is 12.9. The monoisotopic (exact) mass is 362 g/mol. The Morgan fingerprint density at radius 2 is 1.92 bits per heavy atom. The van der Waals surface area contributed by atoms with Crippen LogP contribution in [0.15, 0.2) is 60.1 Å². The van der Waals surface area contributed by atoms with E-state index in [9.17, 15) is 4.79 Å². The number of hydrogen-bond donors (Lipinski definition) is 1. The normalized spacial score (nSPS) is 12.2. The predicted molar refractivity (Wildman–Crippen MR) is 103 cm³/mol. The summed E-state index contributed by atoms with van der Waals surface area (Å²) in [5, 5.41) is 13.4. The van der Waals surface area contributed by atoms with Crippen molar-refractivity contribution in [1.29, 1.82) is 0 Å². The molecule has 0 spiro atoms. The first-order chi connectivity index (χ1) is 12.6. The number of benzene rings is 1. The van der Waals surface area contributed by atoms with Gasteiger partial charge in [-0.15, -0.1) is 21.5 Å². The van der Waals surface area contributed by atoms with Crippen LogP contribution in [0.2, 0.25) is 0 Å². The number of amides is 1. The van der Waals surface area contributed by atoms with Crippen molar-refractivity contribution in [3.8, 4) is 11.1 Å². The molecule has 3 heterocycles. The lowest BCUT2D eigenvalue weighted by molar-refractivity contribution is 0.0943. The van der Waals surface area contributed by atoms with Gasteiger partial charge in [0.25, 0.3) is 5.91 Å². The fourth-order valence-corrected chi connectivity index (χ4v) is 3.75. The van der Waals surface area contributed by atoms with E-state index < -0.39 is 0 Å². The molecule has 0 radical (unpaired) electrons. The van der Waals surface area contributed by atoms with Crippen molar-refractivity contribution in [3.63, 3.8) is 0 Å². The zero-order chi connectivity index (χ0) is 18.1. The summed E-state index contributed by atoms with van der Waals surface area (Å²) in [6.45, 7) is 3.97. The van der Waals surface area contributed by atoms with Gasteiger partial charge in [-0.1, -0.05) is 35.9 Å². The van der Waals surface area contributed by atoms with Crippen LogP contribution in [0, 0.1) is 6.92 Å². The first-order valence-corrected chi connectivity index (χ1v) is 9.26. The smallest absolute Gasteiger partial charge is 0.262 e. The molecular weight excluding hydrogens is 344 g/mol. The Bertz CT molecular complexity index is 1060. The van der Waals surface area contributed by atoms with Crippen LogP contribution in [-0.2, 0) is 0 Å². The summed E-state index contributed by atoms with van der Waals surface area (Å²) in [4.78, 5) is 13.6. The quantitative estimate of drug-likeness (QED) is 0.590. The molecule has 1 N–H and O–H groups in total. The van der Waals surface area contributed by atoms with Gasteiger partial charge in [-0.3, -0.25) is 9.20 Å². The number of rotatable bonds is 4. The molecule has 0 aliphatic heterocycles. The molecule has 130 valence electrons. The molecule has 26 heavy (non-hydrogen) atoms. The lowest BCUT2D eigenvalue weighted by Crippen LogP contribution is -2.27. The van der Waals surface area contributed by atoms with Crippen LogP contribution in [0.5, 0.6) is 0 Å². The second kappa shape index (κ2) is 6.72. The number of aromatic nitrogens is 3. The van der Waals surface area contributed by atoms with Crippen molar-refractivity contribution in [3.05, 3.63) is 76.4 Å². The van der Waals surface area contributed by atoms with Gasteiger partial charge in [-0.05, 0) is 43.0 Å². The average Bonchev–Trinajstić information content (AvgIpc) is 3.29. The molecule has 6 heteroatoms. The van der Waals surface area contributed by atoms with E-state index in [1.165, 1.54) is 16.9 Å². The van der Waals surface area contributed by atoms with E-state index in [-0.39, 0.29) is 11.9 Å². The lowest BCUT2D eigenvalue weighted by atomic mass is 10.0. The Morgan fingerprint density at radius 3 is 2.73 bits per heavy atom. The Balaban J connectivity index is 1.59. The number of carbonyl (C=O) groups excluding carboxylic acids is 1. The van der Waals surface area contributed by atoms with Gasteiger partial charge in [-0.25, -0.2) is 0 Å². The second-order valence-electron chi connectivity index (χ2n) is 6.21. The summed E-state index contributed by atoms with van der Waals surface area (Å²) in [5.41, 5.74) is 3.95. The highest BCUT2D eigenvalue weighted by Gasteiger charge is 2.20. The van der Waals surface area contributed by atoms with E-state index in [0.29, 0.717) is 10.7 Å². The van der Waals surface area contributed by atoms with E-state index in [0.717, 1.165) is 16.8 Å². The first kappa shape index (κ1) is 16.5. The summed E-state index contributed by atoms with van der Waals surface area (Å²) >= 11 is 1.44. The second-order valence-corrected chi connectivity index (χ2v) is 7.13. The van der Waals surface area contributed by atoms with Crippen molar-refractivity contribution < 1.29 is 4.79 Å². The van der Waals surface area contributed by atoms with Gasteiger partial charge in [0.15, 0.2) is 11.5 Å². The molecule has 3 aromatic heterocycles. The summed E-state index contributed by atoms with van der Waals surface area (Å²) in [6, 6.07) is 15.7. The third kappa shape index (κ3) is 2.99. The van der Waals surface area contributed by atoms with Gasteiger partial charge in [0.2, 0.25) is 0 Å². The molecule has 0 aliphatic rings. The minimum Gasteiger partial charge on any atom is -0.342 e. The number of nitrogens with one attached hydrogen (secondary N) is 1. The number of nitrogens with zero attached hydrogens (tertiary/aromatic N) is 3. The van der Waals surface area contributed by atoms with Crippen molar-refractivity contribution in [2.75, 3.05) is 0 Å². The highest BCUT2D eigenvalue weighted by molar-refractivity contribution is 7.12. The van der Waals surface area contributed by atoms with Gasteiger partial charge in [-0.2, -0.15) is 0 Å². The fourth-order valence-electron chi connectivity index (χ4n) is 2.93. The van der Waals surface area contributed by atoms with E-state index in [4.69, 9.17) is 0 Å². The standard InChI is InChI=1S/C20H18N4OS/c1-13-6-8-15(9-7-13)16-10-12-26-18(16)20(25)21-14(2)19-23-22-17-5-3-4-11-24(17)19/h3-12,14H,1-2H3,(H,21,25). The van der Waals surface area contributed by atoms with Crippen molar-refractivity contribution in [2.45, 2.75) is 19.9 Å². The first-order valence-electron chi connectivity index (χ1n) is 8.38. The molecule has 1 aromatic carbocycles. The van der Waals surface area contributed by atoms with E-state index >= 15 is 0 Å². The Kier molecular flexibility index (Phi) is 4.26. The third-order valence-electron chi connectivity index (χ3n) is 4.31. The number of thiophene rings is 1. The summed E-state index contributed by atoms with van der Waals surface area (Å²) < 4.78 is 1.89. The van der Waals surface area contributed by atoms with Crippen LogP contribution in [0.25, 0.3) is 16.8 Å². The molecule has 0 fully saturated rings. The zero-order valence-electron chi connectivity index (χ0n) is 14.5. The molecule has 4 aromatic rings. The molecule has 5 nitrogen and oxygen atoms in total. The molecule has 0 bridgehead atoms. The summed E-state index contributed by atoms with van der Waals surface area (Å²) in [6.07, 6.45) is 1.90. The Labute approximate surface area is 155 Å². The maximum Gasteiger partial charge on any atom is 0.262 e. The van der Waals surface area contributed by atoms with Crippen LogP contribution < -0.4 is 5.32 Å². The number of hydrogen-bond acceptors (Lipinski definition) is 4. The molecule has 4 rings (SSSR count). The molecule has 0 saturated heterocycles. The maximum absolute atomic E-state index is 12.9.